The maximum atomic E-state index is 13.0. The largest absolute Gasteiger partial charge is 0.353 e. The number of amides is 2. The van der Waals surface area contributed by atoms with E-state index >= 15 is 0 Å². The second-order valence-electron chi connectivity index (χ2n) is 8.33. The van der Waals surface area contributed by atoms with Crippen LogP contribution in [0.3, 0.4) is 0 Å². The quantitative estimate of drug-likeness (QED) is 0.342. The highest BCUT2D eigenvalue weighted by Gasteiger charge is 2.30. The van der Waals surface area contributed by atoms with Gasteiger partial charge < -0.3 is 14.7 Å². The van der Waals surface area contributed by atoms with Crippen LogP contribution in [0.4, 0.5) is 5.82 Å². The Bertz CT molecular complexity index is 1020. The van der Waals surface area contributed by atoms with Gasteiger partial charge in [0.15, 0.2) is 5.16 Å². The van der Waals surface area contributed by atoms with Gasteiger partial charge in [0.2, 0.25) is 5.91 Å². The first-order valence-corrected chi connectivity index (χ1v) is 12.9. The van der Waals surface area contributed by atoms with Gasteiger partial charge >= 0.3 is 0 Å². The SMILES string of the molecule is CC1CN(c2cc(Cl)nc(SCC(=O)N3CCCCC3)n2)CCN1C(=O)c1ccccc1Cl. The Labute approximate surface area is 208 Å². The van der Waals surface area contributed by atoms with E-state index in [0.29, 0.717) is 52.1 Å². The number of benzene rings is 1. The molecule has 2 aliphatic heterocycles. The van der Waals surface area contributed by atoms with Crippen molar-refractivity contribution in [3.8, 4) is 0 Å². The maximum Gasteiger partial charge on any atom is 0.255 e. The first-order valence-electron chi connectivity index (χ1n) is 11.2. The fourth-order valence-corrected chi connectivity index (χ4v) is 5.43. The van der Waals surface area contributed by atoms with Crippen molar-refractivity contribution >= 4 is 52.6 Å². The highest BCUT2D eigenvalue weighted by molar-refractivity contribution is 7.99. The Hall–Kier alpha value is -2.03. The predicted molar refractivity (Wildman–Crippen MR) is 132 cm³/mol. The van der Waals surface area contributed by atoms with Crippen molar-refractivity contribution in [1.29, 1.82) is 0 Å². The topological polar surface area (TPSA) is 69.6 Å². The number of halogens is 2. The van der Waals surface area contributed by atoms with Crippen molar-refractivity contribution in [3.63, 3.8) is 0 Å². The molecule has 0 aliphatic carbocycles. The van der Waals surface area contributed by atoms with Crippen molar-refractivity contribution in [2.75, 3.05) is 43.4 Å². The number of thioether (sulfide) groups is 1. The normalized spacial score (nSPS) is 19.0. The van der Waals surface area contributed by atoms with Gasteiger partial charge in [-0.2, -0.15) is 0 Å². The summed E-state index contributed by atoms with van der Waals surface area (Å²) in [6, 6.07) is 8.81. The number of hydrogen-bond acceptors (Lipinski definition) is 6. The average molecular weight is 508 g/mol. The Morgan fingerprint density at radius 1 is 1.06 bits per heavy atom. The summed E-state index contributed by atoms with van der Waals surface area (Å²) in [5, 5.41) is 1.29. The van der Waals surface area contributed by atoms with Crippen molar-refractivity contribution in [2.45, 2.75) is 37.4 Å². The molecule has 2 aliphatic rings. The molecule has 0 radical (unpaired) electrons. The molecule has 0 spiro atoms. The number of hydrogen-bond donors (Lipinski definition) is 0. The van der Waals surface area contributed by atoms with Crippen LogP contribution in [0, 0.1) is 0 Å². The fourth-order valence-electron chi connectivity index (χ4n) is 4.23. The highest BCUT2D eigenvalue weighted by Crippen LogP contribution is 2.26. The average Bonchev–Trinajstić information content (AvgIpc) is 2.82. The molecule has 1 aromatic heterocycles. The second-order valence-corrected chi connectivity index (χ2v) is 10.1. The summed E-state index contributed by atoms with van der Waals surface area (Å²) < 4.78 is 0. The van der Waals surface area contributed by atoms with Gasteiger partial charge in [-0.15, -0.1) is 0 Å². The number of anilines is 1. The third kappa shape index (κ3) is 5.91. The molecule has 1 atom stereocenters. The van der Waals surface area contributed by atoms with Crippen LogP contribution >= 0.6 is 35.0 Å². The lowest BCUT2D eigenvalue weighted by Gasteiger charge is -2.40. The minimum Gasteiger partial charge on any atom is -0.353 e. The molecular formula is C23H27Cl2N5O2S. The van der Waals surface area contributed by atoms with E-state index in [4.69, 9.17) is 23.2 Å². The smallest absolute Gasteiger partial charge is 0.255 e. The van der Waals surface area contributed by atoms with Crippen molar-refractivity contribution in [2.24, 2.45) is 0 Å². The summed E-state index contributed by atoms with van der Waals surface area (Å²) in [5.74, 6) is 1.06. The fraction of sp³-hybridized carbons (Fsp3) is 0.478. The van der Waals surface area contributed by atoms with Gasteiger partial charge in [0, 0.05) is 44.8 Å². The Morgan fingerprint density at radius 2 is 1.82 bits per heavy atom. The minimum absolute atomic E-state index is 0.0342. The lowest BCUT2D eigenvalue weighted by atomic mass is 10.1. The van der Waals surface area contributed by atoms with Crippen LogP contribution in [0.25, 0.3) is 0 Å². The van der Waals surface area contributed by atoms with Crippen LogP contribution < -0.4 is 4.90 Å². The van der Waals surface area contributed by atoms with Crippen molar-refractivity contribution < 1.29 is 9.59 Å². The van der Waals surface area contributed by atoms with Crippen LogP contribution in [0.2, 0.25) is 10.2 Å². The molecule has 0 saturated carbocycles. The molecule has 2 saturated heterocycles. The lowest BCUT2D eigenvalue weighted by molar-refractivity contribution is -0.129. The Morgan fingerprint density at radius 3 is 2.55 bits per heavy atom. The molecular weight excluding hydrogens is 481 g/mol. The lowest BCUT2D eigenvalue weighted by Crippen LogP contribution is -2.54. The third-order valence-corrected chi connectivity index (χ3v) is 7.37. The summed E-state index contributed by atoms with van der Waals surface area (Å²) >= 11 is 13.8. The molecule has 2 aromatic rings. The van der Waals surface area contributed by atoms with E-state index in [1.165, 1.54) is 18.2 Å². The van der Waals surface area contributed by atoms with Gasteiger partial charge in [-0.3, -0.25) is 9.59 Å². The van der Waals surface area contributed by atoms with E-state index < -0.39 is 0 Å². The summed E-state index contributed by atoms with van der Waals surface area (Å²) in [6.45, 7) is 5.44. The number of piperidine rings is 1. The third-order valence-electron chi connectivity index (χ3n) is 6.01. The van der Waals surface area contributed by atoms with Gasteiger partial charge in [-0.25, -0.2) is 9.97 Å². The molecule has 4 rings (SSSR count). The minimum atomic E-state index is -0.0686. The monoisotopic (exact) mass is 507 g/mol. The van der Waals surface area contributed by atoms with Gasteiger partial charge in [0.25, 0.3) is 5.91 Å². The molecule has 1 unspecified atom stereocenters. The van der Waals surface area contributed by atoms with E-state index in [0.717, 1.165) is 25.9 Å². The molecule has 0 N–H and O–H groups in total. The summed E-state index contributed by atoms with van der Waals surface area (Å²) in [6.07, 6.45) is 3.32. The number of rotatable bonds is 5. The highest BCUT2D eigenvalue weighted by atomic mass is 35.5. The molecule has 1 aromatic carbocycles. The maximum absolute atomic E-state index is 13.0. The molecule has 2 amide bonds. The van der Waals surface area contributed by atoms with Crippen LogP contribution in [-0.2, 0) is 4.79 Å². The first kappa shape index (κ1) is 24.1. The standard InChI is InChI=1S/C23H27Cl2N5O2S/c1-16-14-29(11-12-30(16)22(32)17-7-3-4-8-18(17)24)20-13-19(25)26-23(27-20)33-15-21(31)28-9-5-2-6-10-28/h3-4,7-8,13,16H,2,5-6,9-12,14-15H2,1H3. The number of nitrogens with zero attached hydrogens (tertiary/aromatic N) is 5. The van der Waals surface area contributed by atoms with Gasteiger partial charge in [0.1, 0.15) is 11.0 Å². The molecule has 2 fully saturated rings. The molecule has 176 valence electrons. The zero-order chi connectivity index (χ0) is 23.4. The summed E-state index contributed by atoms with van der Waals surface area (Å²) in [5.41, 5.74) is 0.515. The predicted octanol–water partition coefficient (Wildman–Crippen LogP) is 4.24. The molecule has 7 nitrogen and oxygen atoms in total. The molecule has 0 bridgehead atoms. The summed E-state index contributed by atoms with van der Waals surface area (Å²) in [4.78, 5) is 40.3. The zero-order valence-corrected chi connectivity index (χ0v) is 20.9. The van der Waals surface area contributed by atoms with Crippen molar-refractivity contribution in [1.82, 2.24) is 19.8 Å². The molecule has 3 heterocycles. The number of carbonyl (C=O) groups is 2. The zero-order valence-electron chi connectivity index (χ0n) is 18.5. The first-order chi connectivity index (χ1) is 15.9. The van der Waals surface area contributed by atoms with Crippen LogP contribution in [0.5, 0.6) is 0 Å². The van der Waals surface area contributed by atoms with Crippen LogP contribution in [0.1, 0.15) is 36.5 Å². The van der Waals surface area contributed by atoms with E-state index in [-0.39, 0.29) is 17.9 Å². The molecule has 33 heavy (non-hydrogen) atoms. The van der Waals surface area contributed by atoms with E-state index in [9.17, 15) is 9.59 Å². The number of likely N-dealkylation sites (tertiary alicyclic amines) is 1. The number of piperazine rings is 1. The number of aromatic nitrogens is 2. The Balaban J connectivity index is 1.39. The van der Waals surface area contributed by atoms with Gasteiger partial charge in [-0.1, -0.05) is 47.1 Å². The van der Waals surface area contributed by atoms with Crippen LogP contribution in [-0.4, -0.2) is 76.1 Å². The van der Waals surface area contributed by atoms with Gasteiger partial charge in [0.05, 0.1) is 16.3 Å². The van der Waals surface area contributed by atoms with Crippen molar-refractivity contribution in [3.05, 3.63) is 46.1 Å². The Kier molecular flexibility index (Phi) is 7.98. The van der Waals surface area contributed by atoms with E-state index in [1.807, 2.05) is 28.9 Å². The van der Waals surface area contributed by atoms with E-state index in [1.54, 1.807) is 18.2 Å². The van der Waals surface area contributed by atoms with Gasteiger partial charge in [-0.05, 0) is 38.3 Å². The van der Waals surface area contributed by atoms with Crippen LogP contribution in [0.15, 0.2) is 35.5 Å². The molecule has 10 heteroatoms. The van der Waals surface area contributed by atoms with E-state index in [2.05, 4.69) is 14.9 Å². The number of carbonyl (C=O) groups excluding carboxylic acids is 2. The second kappa shape index (κ2) is 10.9. The summed E-state index contributed by atoms with van der Waals surface area (Å²) in [7, 11) is 0.